The molecular formula is C35H46F3N7O. The number of fused-ring (bicyclic) bond motifs is 8. The van der Waals surface area contributed by atoms with E-state index in [-0.39, 0.29) is 11.1 Å². The number of piperazine rings is 1. The maximum atomic E-state index is 16.0. The quantitative estimate of drug-likeness (QED) is 0.337. The van der Waals surface area contributed by atoms with E-state index in [4.69, 9.17) is 0 Å². The summed E-state index contributed by atoms with van der Waals surface area (Å²) in [4.78, 5) is 29.8. The Bertz CT molecular complexity index is 1610. The van der Waals surface area contributed by atoms with Crippen LogP contribution in [0.1, 0.15) is 70.0 Å². The van der Waals surface area contributed by atoms with Crippen LogP contribution in [0.2, 0.25) is 0 Å². The molecule has 11 heteroatoms. The Balaban J connectivity index is 1.40. The number of nitrogens with zero attached hydrogens (tertiary/aromatic N) is 6. The van der Waals surface area contributed by atoms with Gasteiger partial charge in [-0.2, -0.15) is 0 Å². The van der Waals surface area contributed by atoms with Gasteiger partial charge in [-0.1, -0.05) is 30.4 Å². The van der Waals surface area contributed by atoms with Crippen molar-refractivity contribution in [1.82, 2.24) is 24.3 Å². The van der Waals surface area contributed by atoms with Gasteiger partial charge in [-0.05, 0) is 72.0 Å². The molecule has 4 aliphatic rings. The summed E-state index contributed by atoms with van der Waals surface area (Å²) in [6, 6.07) is 5.89. The number of benzene rings is 1. The Hall–Kier alpha value is -3.44. The van der Waals surface area contributed by atoms with Crippen molar-refractivity contribution in [1.29, 1.82) is 0 Å². The zero-order valence-electron chi connectivity index (χ0n) is 27.2. The molecule has 6 heterocycles. The van der Waals surface area contributed by atoms with Crippen molar-refractivity contribution >= 4 is 22.5 Å². The normalized spacial score (nSPS) is 25.4. The molecule has 8 bridgehead atoms. The van der Waals surface area contributed by atoms with Crippen LogP contribution in [0.3, 0.4) is 0 Å². The topological polar surface area (TPSA) is 69.5 Å². The van der Waals surface area contributed by atoms with Gasteiger partial charge in [-0.3, -0.25) is 19.2 Å². The van der Waals surface area contributed by atoms with E-state index in [1.54, 1.807) is 17.6 Å². The fraction of sp³-hybridized carbons (Fsp3) is 0.571. The van der Waals surface area contributed by atoms with Crippen LogP contribution < -0.4 is 15.8 Å². The highest BCUT2D eigenvalue weighted by Crippen LogP contribution is 2.43. The van der Waals surface area contributed by atoms with Gasteiger partial charge in [0.2, 0.25) is 0 Å². The van der Waals surface area contributed by atoms with Crippen molar-refractivity contribution < 1.29 is 13.2 Å². The Morgan fingerprint density at radius 2 is 1.74 bits per heavy atom. The smallest absolute Gasteiger partial charge is 0.278 e. The van der Waals surface area contributed by atoms with E-state index in [0.717, 1.165) is 45.4 Å². The molecule has 46 heavy (non-hydrogen) atoms. The molecule has 248 valence electrons. The van der Waals surface area contributed by atoms with Crippen molar-refractivity contribution in [3.63, 3.8) is 0 Å². The minimum Gasteiger partial charge on any atom is -0.364 e. The van der Waals surface area contributed by atoms with E-state index < -0.39 is 29.3 Å². The SMILES string of the molecule is CC(C)N1CCN(c2cc3c4ncnc3n(c2=O)CCCC/C=C/CN2CCC(CC2)C(F)(F)c2cccc(c2F)[C@@H](C)N4)CC1. The third-order valence-electron chi connectivity index (χ3n) is 10.1. The monoisotopic (exact) mass is 637 g/mol. The molecule has 0 radical (unpaired) electrons. The molecule has 2 aromatic heterocycles. The number of piperidine rings is 1. The van der Waals surface area contributed by atoms with Crippen LogP contribution in [0.15, 0.2) is 47.5 Å². The molecule has 0 unspecified atom stereocenters. The van der Waals surface area contributed by atoms with Gasteiger partial charge in [0.25, 0.3) is 11.5 Å². The third kappa shape index (κ3) is 6.53. The molecule has 4 aliphatic heterocycles. The molecule has 1 atom stereocenters. The summed E-state index contributed by atoms with van der Waals surface area (Å²) in [6.07, 6.45) is 8.85. The Labute approximate surface area is 269 Å². The van der Waals surface area contributed by atoms with E-state index in [1.807, 2.05) is 6.07 Å². The van der Waals surface area contributed by atoms with Crippen LogP contribution in [0.4, 0.5) is 24.7 Å². The van der Waals surface area contributed by atoms with Gasteiger partial charge in [0.05, 0.1) is 17.0 Å². The van der Waals surface area contributed by atoms with Crippen LogP contribution in [-0.2, 0) is 12.5 Å². The van der Waals surface area contributed by atoms with E-state index in [1.165, 1.54) is 18.5 Å². The number of pyridine rings is 1. The molecule has 8 nitrogen and oxygen atoms in total. The number of nitrogens with one attached hydrogen (secondary N) is 1. The van der Waals surface area contributed by atoms with Crippen LogP contribution in [-0.4, -0.2) is 76.2 Å². The van der Waals surface area contributed by atoms with Gasteiger partial charge in [0.1, 0.15) is 29.3 Å². The molecule has 2 fully saturated rings. The Morgan fingerprint density at radius 1 is 0.978 bits per heavy atom. The highest BCUT2D eigenvalue weighted by Gasteiger charge is 2.45. The summed E-state index contributed by atoms with van der Waals surface area (Å²) < 4.78 is 49.5. The first-order valence-electron chi connectivity index (χ1n) is 16.8. The predicted octanol–water partition coefficient (Wildman–Crippen LogP) is 6.18. The number of alkyl halides is 2. The number of aromatic nitrogens is 3. The molecule has 1 N–H and O–H groups in total. The fourth-order valence-corrected chi connectivity index (χ4v) is 7.19. The average molecular weight is 638 g/mol. The number of allylic oxidation sites excluding steroid dienone is 1. The van der Waals surface area contributed by atoms with Crippen molar-refractivity contribution in [2.75, 3.05) is 56.0 Å². The molecule has 0 saturated carbocycles. The summed E-state index contributed by atoms with van der Waals surface area (Å²) in [5.74, 6) is -4.65. The maximum Gasteiger partial charge on any atom is 0.278 e. The van der Waals surface area contributed by atoms with Crippen molar-refractivity contribution in [2.45, 2.75) is 77.4 Å². The summed E-state index contributed by atoms with van der Waals surface area (Å²) >= 11 is 0. The number of hydrogen-bond donors (Lipinski definition) is 1. The summed E-state index contributed by atoms with van der Waals surface area (Å²) in [6.45, 7) is 11.6. The second-order valence-electron chi connectivity index (χ2n) is 13.3. The molecule has 1 aromatic carbocycles. The summed E-state index contributed by atoms with van der Waals surface area (Å²) in [7, 11) is 0. The van der Waals surface area contributed by atoms with E-state index in [9.17, 15) is 4.79 Å². The van der Waals surface area contributed by atoms with Gasteiger partial charge in [0, 0.05) is 56.8 Å². The van der Waals surface area contributed by atoms with Crippen LogP contribution in [0, 0.1) is 11.7 Å². The van der Waals surface area contributed by atoms with Gasteiger partial charge in [-0.25, -0.2) is 23.1 Å². The van der Waals surface area contributed by atoms with Crippen molar-refractivity contribution in [3.8, 4) is 0 Å². The molecule has 0 amide bonds. The molecular weight excluding hydrogens is 591 g/mol. The van der Waals surface area contributed by atoms with E-state index >= 15 is 13.2 Å². The standard InChI is InChI=1S/C35H46F3N7O/c1-24(2)43-18-20-44(21-19-43)30-22-28-32-39-23-40-33(28)45(34(30)46)15-8-6-4-5-7-14-42-16-12-26(13-17-42)35(37,38)29-11-9-10-27(31(29)36)25(3)41-32/h5,7,9-11,22-26H,4,6,8,12-21H2,1-3H3,(H,39,40,41)/b7-5+/t25-/m1/s1. The first kappa shape index (κ1) is 32.5. The summed E-state index contributed by atoms with van der Waals surface area (Å²) in [5, 5.41) is 3.94. The maximum absolute atomic E-state index is 16.0. The number of rotatable bonds is 2. The lowest BCUT2D eigenvalue weighted by atomic mass is 9.85. The van der Waals surface area contributed by atoms with Crippen molar-refractivity contribution in [3.05, 3.63) is 70.0 Å². The number of halogens is 3. The van der Waals surface area contributed by atoms with Gasteiger partial charge >= 0.3 is 0 Å². The Morgan fingerprint density at radius 3 is 2.48 bits per heavy atom. The van der Waals surface area contributed by atoms with Gasteiger partial charge < -0.3 is 10.2 Å². The summed E-state index contributed by atoms with van der Waals surface area (Å²) in [5.41, 5.74) is 0.618. The number of hydrogen-bond acceptors (Lipinski definition) is 7. The zero-order valence-corrected chi connectivity index (χ0v) is 27.2. The minimum atomic E-state index is -3.29. The lowest BCUT2D eigenvalue weighted by Gasteiger charge is -2.38. The van der Waals surface area contributed by atoms with E-state index in [2.05, 4.69) is 56.0 Å². The second kappa shape index (κ2) is 13.7. The van der Waals surface area contributed by atoms with Gasteiger partial charge in [0.15, 0.2) is 0 Å². The lowest BCUT2D eigenvalue weighted by Crippen LogP contribution is -2.50. The Kier molecular flexibility index (Phi) is 9.70. The number of aryl methyl sites for hydroxylation is 1. The van der Waals surface area contributed by atoms with Crippen molar-refractivity contribution in [2.24, 2.45) is 5.92 Å². The van der Waals surface area contributed by atoms with Crippen LogP contribution >= 0.6 is 0 Å². The second-order valence-corrected chi connectivity index (χ2v) is 13.3. The molecule has 0 spiro atoms. The number of anilines is 2. The molecule has 2 saturated heterocycles. The van der Waals surface area contributed by atoms with E-state index in [0.29, 0.717) is 67.6 Å². The minimum absolute atomic E-state index is 0.0818. The molecule has 3 aromatic rings. The first-order chi connectivity index (χ1) is 22.1. The lowest BCUT2D eigenvalue weighted by molar-refractivity contribution is -0.0872. The van der Waals surface area contributed by atoms with Crippen LogP contribution in [0.5, 0.6) is 0 Å². The van der Waals surface area contributed by atoms with Crippen LogP contribution in [0.25, 0.3) is 11.0 Å². The molecule has 0 aliphatic carbocycles. The highest BCUT2D eigenvalue weighted by atomic mass is 19.3. The fourth-order valence-electron chi connectivity index (χ4n) is 7.19. The van der Waals surface area contributed by atoms with Gasteiger partial charge in [-0.15, -0.1) is 0 Å². The zero-order chi connectivity index (χ0) is 32.4. The average Bonchev–Trinajstić information content (AvgIpc) is 3.05. The largest absolute Gasteiger partial charge is 0.364 e. The highest BCUT2D eigenvalue weighted by molar-refractivity contribution is 5.89. The third-order valence-corrected chi connectivity index (χ3v) is 10.1. The predicted molar refractivity (Wildman–Crippen MR) is 177 cm³/mol. The first-order valence-corrected chi connectivity index (χ1v) is 16.8. The molecule has 7 rings (SSSR count).